The summed E-state index contributed by atoms with van der Waals surface area (Å²) in [6.07, 6.45) is 0.970. The molecule has 0 amide bonds. The third-order valence-corrected chi connectivity index (χ3v) is 4.36. The number of hydrogen-bond acceptors (Lipinski definition) is 1. The Hall–Kier alpha value is -2.82. The van der Waals surface area contributed by atoms with Crippen LogP contribution in [0.2, 0.25) is 0 Å². The van der Waals surface area contributed by atoms with E-state index >= 15 is 0 Å². The molecule has 0 radical (unpaired) electrons. The van der Waals surface area contributed by atoms with Gasteiger partial charge >= 0.3 is 0 Å². The van der Waals surface area contributed by atoms with E-state index in [1.54, 1.807) is 0 Å². The van der Waals surface area contributed by atoms with Crippen LogP contribution in [0.3, 0.4) is 0 Å². The Morgan fingerprint density at radius 1 is 0.750 bits per heavy atom. The second-order valence-corrected chi connectivity index (χ2v) is 6.01. The standard InChI is InChI=1S/C23H18O/c1-4-10-19(11-5-1)16-17-23(21-14-8-3-9-15-21)22(24-23)18-20-12-6-2-7-13-20/h1-15,22H,18H2/t22-,23-/m1/s1. The maximum Gasteiger partial charge on any atom is 0.181 e. The van der Waals surface area contributed by atoms with E-state index in [0.29, 0.717) is 0 Å². The van der Waals surface area contributed by atoms with Crippen LogP contribution in [0.25, 0.3) is 0 Å². The van der Waals surface area contributed by atoms with Crippen LogP contribution in [0.15, 0.2) is 91.0 Å². The molecule has 1 heteroatoms. The van der Waals surface area contributed by atoms with Crippen molar-refractivity contribution < 1.29 is 4.74 Å². The van der Waals surface area contributed by atoms with Crippen LogP contribution in [-0.2, 0) is 16.8 Å². The van der Waals surface area contributed by atoms with Gasteiger partial charge < -0.3 is 4.74 Å². The molecule has 0 saturated carbocycles. The summed E-state index contributed by atoms with van der Waals surface area (Å²) in [6, 6.07) is 30.8. The maximum absolute atomic E-state index is 6.14. The quantitative estimate of drug-likeness (QED) is 0.510. The molecule has 0 unspecified atom stereocenters. The number of epoxide rings is 1. The van der Waals surface area contributed by atoms with Gasteiger partial charge in [0.1, 0.15) is 6.10 Å². The molecule has 116 valence electrons. The molecule has 0 spiro atoms. The Bertz CT molecular complexity index is 859. The first-order valence-electron chi connectivity index (χ1n) is 8.22. The highest BCUT2D eigenvalue weighted by molar-refractivity contribution is 5.45. The van der Waals surface area contributed by atoms with Gasteiger partial charge in [-0.1, -0.05) is 90.7 Å². The van der Waals surface area contributed by atoms with E-state index in [2.05, 4.69) is 48.2 Å². The smallest absolute Gasteiger partial charge is 0.181 e. The lowest BCUT2D eigenvalue weighted by molar-refractivity contribution is 0.339. The van der Waals surface area contributed by atoms with Crippen molar-refractivity contribution in [3.63, 3.8) is 0 Å². The summed E-state index contributed by atoms with van der Waals surface area (Å²) in [5, 5.41) is 0. The second-order valence-electron chi connectivity index (χ2n) is 6.01. The number of benzene rings is 3. The van der Waals surface area contributed by atoms with Gasteiger partial charge in [-0.15, -0.1) is 0 Å². The van der Waals surface area contributed by atoms with Crippen LogP contribution < -0.4 is 0 Å². The van der Waals surface area contributed by atoms with Crippen molar-refractivity contribution >= 4 is 0 Å². The Balaban J connectivity index is 1.65. The molecule has 0 aromatic heterocycles. The number of ether oxygens (including phenoxy) is 1. The monoisotopic (exact) mass is 310 g/mol. The summed E-state index contributed by atoms with van der Waals surface area (Å²) in [4.78, 5) is 0. The normalized spacial score (nSPS) is 21.6. The molecule has 1 aliphatic heterocycles. The number of hydrogen-bond donors (Lipinski definition) is 0. The molecular weight excluding hydrogens is 292 g/mol. The van der Waals surface area contributed by atoms with Crippen molar-refractivity contribution in [2.75, 3.05) is 0 Å². The van der Waals surface area contributed by atoms with Crippen LogP contribution in [0.5, 0.6) is 0 Å². The predicted molar refractivity (Wildman–Crippen MR) is 96.5 cm³/mol. The van der Waals surface area contributed by atoms with E-state index in [4.69, 9.17) is 4.74 Å². The lowest BCUT2D eigenvalue weighted by Crippen LogP contribution is -2.12. The molecule has 0 aliphatic carbocycles. The highest BCUT2D eigenvalue weighted by Crippen LogP contribution is 2.47. The minimum Gasteiger partial charge on any atom is -0.347 e. The summed E-state index contributed by atoms with van der Waals surface area (Å²) in [6.45, 7) is 0. The van der Waals surface area contributed by atoms with E-state index in [0.717, 1.165) is 17.5 Å². The Morgan fingerprint density at radius 2 is 1.33 bits per heavy atom. The first-order chi connectivity index (χ1) is 11.9. The van der Waals surface area contributed by atoms with Crippen LogP contribution in [0.4, 0.5) is 0 Å². The van der Waals surface area contributed by atoms with Gasteiger partial charge in [0.2, 0.25) is 0 Å². The first-order valence-corrected chi connectivity index (χ1v) is 8.22. The summed E-state index contributed by atoms with van der Waals surface area (Å²) in [7, 11) is 0. The first kappa shape index (κ1) is 14.8. The van der Waals surface area contributed by atoms with E-state index in [1.165, 1.54) is 5.56 Å². The van der Waals surface area contributed by atoms with Crippen molar-refractivity contribution in [3.8, 4) is 11.8 Å². The third-order valence-electron chi connectivity index (χ3n) is 4.36. The minimum atomic E-state index is -0.493. The summed E-state index contributed by atoms with van der Waals surface area (Å²) < 4.78 is 6.14. The van der Waals surface area contributed by atoms with Crippen molar-refractivity contribution in [2.24, 2.45) is 0 Å². The third kappa shape index (κ3) is 2.97. The lowest BCUT2D eigenvalue weighted by Gasteiger charge is -2.06. The summed E-state index contributed by atoms with van der Waals surface area (Å²) in [5.74, 6) is 6.69. The molecule has 1 aliphatic rings. The molecule has 24 heavy (non-hydrogen) atoms. The fourth-order valence-electron chi connectivity index (χ4n) is 3.01. The van der Waals surface area contributed by atoms with Crippen LogP contribution in [-0.4, -0.2) is 6.10 Å². The molecule has 3 aromatic rings. The molecule has 1 nitrogen and oxygen atoms in total. The molecule has 2 atom stereocenters. The highest BCUT2D eigenvalue weighted by Gasteiger charge is 2.56. The average molecular weight is 310 g/mol. The molecule has 0 bridgehead atoms. The zero-order valence-electron chi connectivity index (χ0n) is 13.4. The second kappa shape index (κ2) is 6.35. The minimum absolute atomic E-state index is 0.0958. The van der Waals surface area contributed by atoms with E-state index in [-0.39, 0.29) is 6.10 Å². The summed E-state index contributed by atoms with van der Waals surface area (Å²) in [5.41, 5.74) is 2.94. The predicted octanol–water partition coefficient (Wildman–Crippen LogP) is 4.58. The van der Waals surface area contributed by atoms with Crippen LogP contribution in [0, 0.1) is 11.8 Å². The van der Waals surface area contributed by atoms with Gasteiger partial charge in [-0.05, 0) is 23.3 Å². The van der Waals surface area contributed by atoms with E-state index < -0.39 is 5.60 Å². The average Bonchev–Trinajstić information content (AvgIpc) is 3.36. The van der Waals surface area contributed by atoms with Crippen LogP contribution >= 0.6 is 0 Å². The fourth-order valence-corrected chi connectivity index (χ4v) is 3.01. The van der Waals surface area contributed by atoms with Gasteiger partial charge in [0.25, 0.3) is 0 Å². The molecule has 1 saturated heterocycles. The molecule has 1 heterocycles. The Labute approximate surface area is 142 Å². The zero-order valence-corrected chi connectivity index (χ0v) is 13.4. The zero-order chi connectivity index (χ0) is 16.2. The van der Waals surface area contributed by atoms with Crippen molar-refractivity contribution in [3.05, 3.63) is 108 Å². The molecule has 1 fully saturated rings. The van der Waals surface area contributed by atoms with Gasteiger partial charge in [-0.2, -0.15) is 0 Å². The topological polar surface area (TPSA) is 12.5 Å². The summed E-state index contributed by atoms with van der Waals surface area (Å²) >= 11 is 0. The van der Waals surface area contributed by atoms with Crippen LogP contribution in [0.1, 0.15) is 16.7 Å². The Morgan fingerprint density at radius 3 is 2.00 bits per heavy atom. The maximum atomic E-state index is 6.14. The fraction of sp³-hybridized carbons (Fsp3) is 0.130. The van der Waals surface area contributed by atoms with Gasteiger partial charge in [-0.3, -0.25) is 0 Å². The van der Waals surface area contributed by atoms with Gasteiger partial charge in [0, 0.05) is 12.0 Å². The van der Waals surface area contributed by atoms with Crippen molar-refractivity contribution in [1.82, 2.24) is 0 Å². The Kier molecular flexibility index (Phi) is 3.91. The van der Waals surface area contributed by atoms with Crippen molar-refractivity contribution in [1.29, 1.82) is 0 Å². The molecule has 4 rings (SSSR count). The van der Waals surface area contributed by atoms with E-state index in [9.17, 15) is 0 Å². The van der Waals surface area contributed by atoms with Gasteiger partial charge in [0.05, 0.1) is 0 Å². The lowest BCUT2D eigenvalue weighted by atomic mass is 9.92. The molecular formula is C23H18O. The SMILES string of the molecule is C(#C[C@]1(c2ccccc2)O[C@@H]1Cc1ccccc1)c1ccccc1. The largest absolute Gasteiger partial charge is 0.347 e. The van der Waals surface area contributed by atoms with Crippen molar-refractivity contribution in [2.45, 2.75) is 18.1 Å². The number of rotatable bonds is 3. The van der Waals surface area contributed by atoms with Gasteiger partial charge in [0.15, 0.2) is 5.60 Å². The van der Waals surface area contributed by atoms with E-state index in [1.807, 2.05) is 54.6 Å². The highest BCUT2D eigenvalue weighted by atomic mass is 16.6. The molecule has 3 aromatic carbocycles. The molecule has 0 N–H and O–H groups in total. The van der Waals surface area contributed by atoms with Gasteiger partial charge in [-0.25, -0.2) is 0 Å².